The normalized spacial score (nSPS) is 12.0. The highest BCUT2D eigenvalue weighted by molar-refractivity contribution is 7.79. The van der Waals surface area contributed by atoms with E-state index < -0.39 is 7.92 Å². The molecule has 0 amide bonds. The third kappa shape index (κ3) is 4.32. The van der Waals surface area contributed by atoms with Gasteiger partial charge in [-0.05, 0) is 41.9 Å². The second-order valence-corrected chi connectivity index (χ2v) is 9.31. The molecule has 0 bridgehead atoms. The Labute approximate surface area is 159 Å². The van der Waals surface area contributed by atoms with Crippen LogP contribution in [0.5, 0.6) is 0 Å². The van der Waals surface area contributed by atoms with E-state index in [1.54, 1.807) is 0 Å². The topological polar surface area (TPSA) is 0 Å². The predicted molar refractivity (Wildman–Crippen MR) is 118 cm³/mol. The Bertz CT molecular complexity index is 808. The van der Waals surface area contributed by atoms with Gasteiger partial charge in [-0.15, -0.1) is 0 Å². The van der Waals surface area contributed by atoms with Crippen molar-refractivity contribution in [3.05, 3.63) is 103 Å². The molecule has 1 heteroatoms. The van der Waals surface area contributed by atoms with Crippen LogP contribution in [0.15, 0.2) is 97.1 Å². The lowest BCUT2D eigenvalue weighted by Gasteiger charge is -2.25. The molecule has 26 heavy (non-hydrogen) atoms. The van der Waals surface area contributed by atoms with E-state index in [-0.39, 0.29) is 5.41 Å². The first-order valence-electron chi connectivity index (χ1n) is 9.30. The molecule has 0 radical (unpaired) electrons. The summed E-state index contributed by atoms with van der Waals surface area (Å²) in [5, 5.41) is 4.20. The van der Waals surface area contributed by atoms with Crippen LogP contribution in [-0.2, 0) is 5.41 Å². The Kier molecular flexibility index (Phi) is 6.07. The largest absolute Gasteiger partial charge is 0.0879 e. The van der Waals surface area contributed by atoms with E-state index in [1.165, 1.54) is 21.5 Å². The van der Waals surface area contributed by atoms with Crippen LogP contribution in [0, 0.1) is 0 Å². The maximum absolute atomic E-state index is 2.41. The highest BCUT2D eigenvalue weighted by Gasteiger charge is 2.21. The molecule has 3 rings (SSSR count). The van der Waals surface area contributed by atoms with Gasteiger partial charge in [0.15, 0.2) is 0 Å². The molecule has 0 saturated carbocycles. The summed E-state index contributed by atoms with van der Waals surface area (Å²) in [6.07, 6.45) is 5.67. The van der Waals surface area contributed by atoms with Gasteiger partial charge in [0.1, 0.15) is 0 Å². The van der Waals surface area contributed by atoms with E-state index in [0.717, 1.165) is 6.42 Å². The van der Waals surface area contributed by atoms with Crippen LogP contribution >= 0.6 is 7.92 Å². The van der Waals surface area contributed by atoms with Gasteiger partial charge in [0.2, 0.25) is 0 Å². The van der Waals surface area contributed by atoms with Gasteiger partial charge < -0.3 is 0 Å². The Hall–Kier alpha value is -2.17. The molecular weight excluding hydrogens is 331 g/mol. The first-order valence-corrected chi connectivity index (χ1v) is 10.6. The fourth-order valence-corrected chi connectivity index (χ4v) is 5.49. The van der Waals surface area contributed by atoms with Crippen molar-refractivity contribution < 1.29 is 0 Å². The molecule has 0 aliphatic rings. The van der Waals surface area contributed by atoms with Crippen LogP contribution in [0.25, 0.3) is 0 Å². The van der Waals surface area contributed by atoms with E-state index in [2.05, 4.69) is 118 Å². The maximum Gasteiger partial charge on any atom is 0.00755 e. The van der Waals surface area contributed by atoms with Gasteiger partial charge in [-0.3, -0.25) is 0 Å². The molecule has 3 aromatic rings. The van der Waals surface area contributed by atoms with Crippen LogP contribution < -0.4 is 15.9 Å². The summed E-state index contributed by atoms with van der Waals surface area (Å²) in [5.74, 6) is 0. The highest BCUT2D eigenvalue weighted by atomic mass is 31.1. The standard InChI is InChI=1S/C25H27P/c1-4-5-19-25(2,3)21-13-12-18-24(20-21)26(22-14-8-6-9-15-22)23-16-10-7-11-17-23/h5-20H,4H2,1-3H3. The van der Waals surface area contributed by atoms with E-state index in [4.69, 9.17) is 0 Å². The Balaban J connectivity index is 2.08. The molecule has 0 nitrogen and oxygen atoms in total. The zero-order valence-corrected chi connectivity index (χ0v) is 16.8. The van der Waals surface area contributed by atoms with E-state index in [9.17, 15) is 0 Å². The molecule has 0 unspecified atom stereocenters. The Morgan fingerprint density at radius 3 is 1.81 bits per heavy atom. The van der Waals surface area contributed by atoms with E-state index in [0.29, 0.717) is 0 Å². The number of rotatable bonds is 6. The van der Waals surface area contributed by atoms with E-state index >= 15 is 0 Å². The maximum atomic E-state index is 2.41. The summed E-state index contributed by atoms with van der Waals surface area (Å²) in [7, 11) is -0.546. The molecule has 0 spiro atoms. The van der Waals surface area contributed by atoms with Crippen LogP contribution in [0.2, 0.25) is 0 Å². The van der Waals surface area contributed by atoms with E-state index in [1.807, 2.05) is 0 Å². The molecule has 0 aromatic heterocycles. The first-order chi connectivity index (χ1) is 12.6. The summed E-state index contributed by atoms with van der Waals surface area (Å²) >= 11 is 0. The zero-order chi connectivity index (χ0) is 18.4. The van der Waals surface area contributed by atoms with Gasteiger partial charge in [0.25, 0.3) is 0 Å². The lowest BCUT2D eigenvalue weighted by molar-refractivity contribution is 0.668. The Morgan fingerprint density at radius 1 is 0.731 bits per heavy atom. The second-order valence-electron chi connectivity index (χ2n) is 7.09. The average molecular weight is 358 g/mol. The van der Waals surface area contributed by atoms with Crippen molar-refractivity contribution >= 4 is 23.8 Å². The quantitative estimate of drug-likeness (QED) is 0.392. The number of hydrogen-bond donors (Lipinski definition) is 0. The molecule has 132 valence electrons. The second kappa shape index (κ2) is 8.47. The van der Waals surface area contributed by atoms with Crippen molar-refractivity contribution in [2.45, 2.75) is 32.6 Å². The van der Waals surface area contributed by atoms with Crippen molar-refractivity contribution in [1.82, 2.24) is 0 Å². The molecule has 0 fully saturated rings. The third-order valence-corrected chi connectivity index (χ3v) is 7.07. The fraction of sp³-hybridized carbons (Fsp3) is 0.200. The highest BCUT2D eigenvalue weighted by Crippen LogP contribution is 2.34. The van der Waals surface area contributed by atoms with Gasteiger partial charge in [0.05, 0.1) is 0 Å². The lowest BCUT2D eigenvalue weighted by Crippen LogP contribution is -2.23. The van der Waals surface area contributed by atoms with Gasteiger partial charge in [-0.2, -0.15) is 0 Å². The van der Waals surface area contributed by atoms with Crippen LogP contribution in [0.3, 0.4) is 0 Å². The molecule has 3 aromatic carbocycles. The summed E-state index contributed by atoms with van der Waals surface area (Å²) in [6, 6.07) is 31.0. The number of benzene rings is 3. The Morgan fingerprint density at radius 2 is 1.27 bits per heavy atom. The van der Waals surface area contributed by atoms with Crippen molar-refractivity contribution in [1.29, 1.82) is 0 Å². The predicted octanol–water partition coefficient (Wildman–Crippen LogP) is 5.69. The third-order valence-electron chi connectivity index (χ3n) is 4.65. The number of allylic oxidation sites excluding steroid dienone is 2. The SMILES string of the molecule is CCC=CC(C)(C)c1cccc(P(c2ccccc2)c2ccccc2)c1. The molecule has 0 aliphatic heterocycles. The summed E-state index contributed by atoms with van der Waals surface area (Å²) in [4.78, 5) is 0. The molecular formula is C25H27P. The van der Waals surface area contributed by atoms with Crippen LogP contribution in [0.4, 0.5) is 0 Å². The minimum absolute atomic E-state index is 0.0421. The van der Waals surface area contributed by atoms with Gasteiger partial charge in [-0.25, -0.2) is 0 Å². The van der Waals surface area contributed by atoms with Gasteiger partial charge in [-0.1, -0.05) is 112 Å². The lowest BCUT2D eigenvalue weighted by atomic mass is 9.84. The fourth-order valence-electron chi connectivity index (χ4n) is 3.16. The van der Waals surface area contributed by atoms with Crippen molar-refractivity contribution in [2.24, 2.45) is 0 Å². The van der Waals surface area contributed by atoms with Crippen molar-refractivity contribution in [3.63, 3.8) is 0 Å². The van der Waals surface area contributed by atoms with Crippen LogP contribution in [-0.4, -0.2) is 0 Å². The molecule has 0 atom stereocenters. The average Bonchev–Trinajstić information content (AvgIpc) is 2.69. The summed E-state index contributed by atoms with van der Waals surface area (Å²) in [5.41, 5.74) is 1.42. The first kappa shape index (κ1) is 18.6. The zero-order valence-electron chi connectivity index (χ0n) is 15.9. The number of hydrogen-bond acceptors (Lipinski definition) is 0. The smallest absolute Gasteiger partial charge is 0.00755 e. The van der Waals surface area contributed by atoms with Crippen LogP contribution in [0.1, 0.15) is 32.8 Å². The molecule has 0 saturated heterocycles. The minimum atomic E-state index is -0.546. The molecule has 0 aliphatic carbocycles. The van der Waals surface area contributed by atoms with Gasteiger partial charge >= 0.3 is 0 Å². The van der Waals surface area contributed by atoms with Crippen molar-refractivity contribution in [3.8, 4) is 0 Å². The van der Waals surface area contributed by atoms with Crippen molar-refractivity contribution in [2.75, 3.05) is 0 Å². The summed E-state index contributed by atoms with van der Waals surface area (Å²) < 4.78 is 0. The molecule has 0 heterocycles. The van der Waals surface area contributed by atoms with Gasteiger partial charge in [0, 0.05) is 5.41 Å². The minimum Gasteiger partial charge on any atom is -0.0879 e. The summed E-state index contributed by atoms with van der Waals surface area (Å²) in [6.45, 7) is 6.78. The molecule has 0 N–H and O–H groups in total. The monoisotopic (exact) mass is 358 g/mol.